The molecular formula is C11H15N3. The Morgan fingerprint density at radius 1 is 1.43 bits per heavy atom. The standard InChI is InChI=1S/C11H15N3/c1-13-6-9-7-14-11-4-8(5-12)2-3-10(9)11/h2-4,7,13-14H,5-6,12H2,1H3. The average Bonchev–Trinajstić information content (AvgIpc) is 2.61. The second-order valence-corrected chi connectivity index (χ2v) is 3.43. The van der Waals surface area contributed by atoms with E-state index >= 15 is 0 Å². The van der Waals surface area contributed by atoms with Gasteiger partial charge in [0.1, 0.15) is 0 Å². The molecule has 0 aliphatic rings. The Bertz CT molecular complexity index is 431. The fraction of sp³-hybridized carbons (Fsp3) is 0.273. The van der Waals surface area contributed by atoms with E-state index in [1.807, 2.05) is 13.2 Å². The van der Waals surface area contributed by atoms with Crippen molar-refractivity contribution in [1.82, 2.24) is 10.3 Å². The summed E-state index contributed by atoms with van der Waals surface area (Å²) in [5.41, 5.74) is 9.20. The first-order chi connectivity index (χ1) is 6.85. The van der Waals surface area contributed by atoms with E-state index in [4.69, 9.17) is 5.73 Å². The topological polar surface area (TPSA) is 53.8 Å². The molecule has 3 nitrogen and oxygen atoms in total. The summed E-state index contributed by atoms with van der Waals surface area (Å²) < 4.78 is 0. The van der Waals surface area contributed by atoms with E-state index in [0.29, 0.717) is 6.54 Å². The molecule has 0 amide bonds. The van der Waals surface area contributed by atoms with Crippen molar-refractivity contribution in [2.45, 2.75) is 13.1 Å². The largest absolute Gasteiger partial charge is 0.361 e. The summed E-state index contributed by atoms with van der Waals surface area (Å²) in [6, 6.07) is 6.31. The molecule has 0 atom stereocenters. The SMILES string of the molecule is CNCc1c[nH]c2cc(CN)ccc12. The maximum absolute atomic E-state index is 5.58. The summed E-state index contributed by atoms with van der Waals surface area (Å²) in [4.78, 5) is 3.25. The van der Waals surface area contributed by atoms with Crippen LogP contribution in [-0.2, 0) is 13.1 Å². The lowest BCUT2D eigenvalue weighted by Gasteiger charge is -1.99. The highest BCUT2D eigenvalue weighted by atomic mass is 14.8. The summed E-state index contributed by atoms with van der Waals surface area (Å²) >= 11 is 0. The van der Waals surface area contributed by atoms with Crippen LogP contribution in [0.2, 0.25) is 0 Å². The normalized spacial score (nSPS) is 11.0. The van der Waals surface area contributed by atoms with Gasteiger partial charge in [0.15, 0.2) is 0 Å². The van der Waals surface area contributed by atoms with Crippen LogP contribution in [0, 0.1) is 0 Å². The molecule has 74 valence electrons. The number of H-pyrrole nitrogens is 1. The second-order valence-electron chi connectivity index (χ2n) is 3.43. The number of nitrogens with two attached hydrogens (primary N) is 1. The smallest absolute Gasteiger partial charge is 0.0460 e. The maximum Gasteiger partial charge on any atom is 0.0460 e. The zero-order chi connectivity index (χ0) is 9.97. The van der Waals surface area contributed by atoms with Crippen LogP contribution in [0.3, 0.4) is 0 Å². The molecule has 0 aliphatic heterocycles. The first-order valence-corrected chi connectivity index (χ1v) is 4.78. The minimum atomic E-state index is 0.594. The molecule has 1 aromatic heterocycles. The third kappa shape index (κ3) is 1.52. The van der Waals surface area contributed by atoms with E-state index in [1.54, 1.807) is 0 Å². The predicted octanol–water partition coefficient (Wildman–Crippen LogP) is 1.35. The van der Waals surface area contributed by atoms with Crippen LogP contribution in [0.25, 0.3) is 10.9 Å². The zero-order valence-corrected chi connectivity index (χ0v) is 8.30. The van der Waals surface area contributed by atoms with E-state index in [-0.39, 0.29) is 0 Å². The predicted molar refractivity (Wildman–Crippen MR) is 59.0 cm³/mol. The third-order valence-electron chi connectivity index (χ3n) is 2.43. The Balaban J connectivity index is 2.48. The molecule has 0 spiro atoms. The molecule has 0 unspecified atom stereocenters. The molecule has 0 fully saturated rings. The van der Waals surface area contributed by atoms with Crippen molar-refractivity contribution in [1.29, 1.82) is 0 Å². The molecule has 2 rings (SSSR count). The van der Waals surface area contributed by atoms with Gasteiger partial charge in [0, 0.05) is 30.2 Å². The van der Waals surface area contributed by atoms with Crippen molar-refractivity contribution in [2.75, 3.05) is 7.05 Å². The lowest BCUT2D eigenvalue weighted by atomic mass is 10.1. The summed E-state index contributed by atoms with van der Waals surface area (Å²) in [5.74, 6) is 0. The molecule has 0 bridgehead atoms. The van der Waals surface area contributed by atoms with Crippen molar-refractivity contribution >= 4 is 10.9 Å². The molecule has 3 heteroatoms. The van der Waals surface area contributed by atoms with E-state index in [1.165, 1.54) is 16.5 Å². The average molecular weight is 189 g/mol. The van der Waals surface area contributed by atoms with Gasteiger partial charge in [-0.3, -0.25) is 0 Å². The summed E-state index contributed by atoms with van der Waals surface area (Å²) in [6.45, 7) is 1.48. The minimum absolute atomic E-state index is 0.594. The molecule has 0 saturated heterocycles. The summed E-state index contributed by atoms with van der Waals surface area (Å²) in [5, 5.41) is 4.42. The molecule has 4 N–H and O–H groups in total. The van der Waals surface area contributed by atoms with Crippen LogP contribution in [0.15, 0.2) is 24.4 Å². The number of aromatic amines is 1. The fourth-order valence-electron chi connectivity index (χ4n) is 1.70. The molecule has 0 saturated carbocycles. The van der Waals surface area contributed by atoms with E-state index in [0.717, 1.165) is 12.1 Å². The number of nitrogens with one attached hydrogen (secondary N) is 2. The van der Waals surface area contributed by atoms with Crippen molar-refractivity contribution in [3.8, 4) is 0 Å². The number of fused-ring (bicyclic) bond motifs is 1. The van der Waals surface area contributed by atoms with Gasteiger partial charge in [-0.2, -0.15) is 0 Å². The Labute approximate surface area is 83.3 Å². The van der Waals surface area contributed by atoms with Crippen LogP contribution in [0.5, 0.6) is 0 Å². The lowest BCUT2D eigenvalue weighted by Crippen LogP contribution is -2.04. The van der Waals surface area contributed by atoms with Gasteiger partial charge in [-0.1, -0.05) is 12.1 Å². The Morgan fingerprint density at radius 2 is 2.29 bits per heavy atom. The molecule has 1 aromatic carbocycles. The summed E-state index contributed by atoms with van der Waals surface area (Å²) in [6.07, 6.45) is 2.04. The first-order valence-electron chi connectivity index (χ1n) is 4.78. The monoisotopic (exact) mass is 189 g/mol. The van der Waals surface area contributed by atoms with Crippen LogP contribution in [-0.4, -0.2) is 12.0 Å². The molecule has 2 aromatic rings. The maximum atomic E-state index is 5.58. The number of rotatable bonds is 3. The van der Waals surface area contributed by atoms with E-state index < -0.39 is 0 Å². The van der Waals surface area contributed by atoms with Crippen molar-refractivity contribution in [3.05, 3.63) is 35.5 Å². The van der Waals surface area contributed by atoms with Crippen molar-refractivity contribution in [2.24, 2.45) is 5.73 Å². The highest BCUT2D eigenvalue weighted by Crippen LogP contribution is 2.19. The Morgan fingerprint density at radius 3 is 3.00 bits per heavy atom. The molecular weight excluding hydrogens is 174 g/mol. The van der Waals surface area contributed by atoms with Crippen LogP contribution in [0.4, 0.5) is 0 Å². The van der Waals surface area contributed by atoms with Crippen LogP contribution < -0.4 is 11.1 Å². The second kappa shape index (κ2) is 3.82. The van der Waals surface area contributed by atoms with Crippen LogP contribution in [0.1, 0.15) is 11.1 Å². The molecule has 0 radical (unpaired) electrons. The number of hydrogen-bond acceptors (Lipinski definition) is 2. The molecule has 0 aliphatic carbocycles. The van der Waals surface area contributed by atoms with Crippen molar-refractivity contribution in [3.63, 3.8) is 0 Å². The highest BCUT2D eigenvalue weighted by Gasteiger charge is 2.02. The quantitative estimate of drug-likeness (QED) is 0.682. The molecule has 1 heterocycles. The van der Waals surface area contributed by atoms with Gasteiger partial charge < -0.3 is 16.0 Å². The summed E-state index contributed by atoms with van der Waals surface area (Å²) in [7, 11) is 1.95. The van der Waals surface area contributed by atoms with Crippen LogP contribution >= 0.6 is 0 Å². The fourth-order valence-corrected chi connectivity index (χ4v) is 1.70. The first kappa shape index (κ1) is 9.24. The Kier molecular flexibility index (Phi) is 2.52. The van der Waals surface area contributed by atoms with Crippen molar-refractivity contribution < 1.29 is 0 Å². The highest BCUT2D eigenvalue weighted by molar-refractivity contribution is 5.83. The van der Waals surface area contributed by atoms with E-state index in [2.05, 4.69) is 28.5 Å². The van der Waals surface area contributed by atoms with Gasteiger partial charge in [0.2, 0.25) is 0 Å². The van der Waals surface area contributed by atoms with Gasteiger partial charge in [-0.05, 0) is 24.2 Å². The Hall–Kier alpha value is -1.32. The van der Waals surface area contributed by atoms with Gasteiger partial charge in [-0.15, -0.1) is 0 Å². The zero-order valence-electron chi connectivity index (χ0n) is 8.30. The van der Waals surface area contributed by atoms with Gasteiger partial charge in [0.05, 0.1) is 0 Å². The van der Waals surface area contributed by atoms with Gasteiger partial charge >= 0.3 is 0 Å². The molecule has 14 heavy (non-hydrogen) atoms. The lowest BCUT2D eigenvalue weighted by molar-refractivity contribution is 0.823. The van der Waals surface area contributed by atoms with Gasteiger partial charge in [-0.25, -0.2) is 0 Å². The number of benzene rings is 1. The third-order valence-corrected chi connectivity index (χ3v) is 2.43. The number of aromatic nitrogens is 1. The minimum Gasteiger partial charge on any atom is -0.361 e. The van der Waals surface area contributed by atoms with E-state index in [9.17, 15) is 0 Å². The van der Waals surface area contributed by atoms with Gasteiger partial charge in [0.25, 0.3) is 0 Å². The number of hydrogen-bond donors (Lipinski definition) is 3.